The van der Waals surface area contributed by atoms with Crippen molar-refractivity contribution in [3.8, 4) is 6.07 Å². The highest BCUT2D eigenvalue weighted by molar-refractivity contribution is 5.77. The van der Waals surface area contributed by atoms with Gasteiger partial charge in [-0.05, 0) is 56.8 Å². The summed E-state index contributed by atoms with van der Waals surface area (Å²) in [6.45, 7) is 28.0. The van der Waals surface area contributed by atoms with Gasteiger partial charge >= 0.3 is 0 Å². The van der Waals surface area contributed by atoms with Crippen LogP contribution in [0, 0.1) is 24.1 Å². The van der Waals surface area contributed by atoms with Gasteiger partial charge in [0.15, 0.2) is 5.88 Å². The number of hydrogen-bond donors (Lipinski definition) is 1. The van der Waals surface area contributed by atoms with Gasteiger partial charge in [-0.3, -0.25) is 0 Å². The summed E-state index contributed by atoms with van der Waals surface area (Å²) < 4.78 is 14.3. The highest BCUT2D eigenvalue weighted by atomic mass is 19.1. The second-order valence-electron chi connectivity index (χ2n) is 8.84. The molecule has 0 spiro atoms. The molecule has 216 valence electrons. The first-order chi connectivity index (χ1) is 18.5. The molecule has 39 heavy (non-hydrogen) atoms. The third kappa shape index (κ3) is 13.3. The number of aliphatic hydroxyl groups excluding tert-OH is 1. The molecule has 0 bridgehead atoms. The molecule has 0 aromatic heterocycles. The molecule has 1 heterocycles. The Kier molecular flexibility index (Phi) is 20.8. The Balaban J connectivity index is 0. The molecule has 0 atom stereocenters. The monoisotopic (exact) mass is 538 g/mol. The summed E-state index contributed by atoms with van der Waals surface area (Å²) in [6, 6.07) is 4.77. The van der Waals surface area contributed by atoms with E-state index < -0.39 is 5.82 Å². The van der Waals surface area contributed by atoms with E-state index in [0.29, 0.717) is 16.8 Å². The van der Waals surface area contributed by atoms with E-state index in [-0.39, 0.29) is 17.0 Å². The van der Waals surface area contributed by atoms with E-state index in [9.17, 15) is 9.50 Å². The van der Waals surface area contributed by atoms with Gasteiger partial charge in [-0.25, -0.2) is 4.39 Å². The minimum absolute atomic E-state index is 0.0434. The van der Waals surface area contributed by atoms with Crippen molar-refractivity contribution >= 4 is 5.57 Å². The maximum Gasteiger partial charge on any atom is 0.199 e. The van der Waals surface area contributed by atoms with Crippen molar-refractivity contribution in [1.29, 1.82) is 5.26 Å². The Morgan fingerprint density at radius 3 is 1.95 bits per heavy atom. The molecule has 0 radical (unpaired) electrons. The van der Waals surface area contributed by atoms with Gasteiger partial charge in [0.1, 0.15) is 11.9 Å². The van der Waals surface area contributed by atoms with E-state index >= 15 is 0 Å². The highest BCUT2D eigenvalue weighted by Crippen LogP contribution is 2.28. The summed E-state index contributed by atoms with van der Waals surface area (Å²) in [6.07, 6.45) is 9.85. The minimum Gasteiger partial charge on any atom is -0.494 e. The maximum atomic E-state index is 14.3. The van der Waals surface area contributed by atoms with Gasteiger partial charge in [0.25, 0.3) is 0 Å². The molecule has 0 unspecified atom stereocenters. The van der Waals surface area contributed by atoms with Crippen molar-refractivity contribution in [2.75, 3.05) is 47.3 Å². The predicted molar refractivity (Wildman–Crippen MR) is 168 cm³/mol. The van der Waals surface area contributed by atoms with Crippen LogP contribution in [-0.4, -0.2) is 67.1 Å². The van der Waals surface area contributed by atoms with Crippen molar-refractivity contribution in [3.05, 3.63) is 102 Å². The zero-order valence-electron chi connectivity index (χ0n) is 25.8. The first-order valence-corrected chi connectivity index (χ1v) is 13.5. The summed E-state index contributed by atoms with van der Waals surface area (Å²) in [7, 11) is 5.99. The molecule has 1 aromatic rings. The average Bonchev–Trinajstić information content (AvgIpc) is 2.95. The number of hydrogen-bond acceptors (Lipinski definition) is 5. The van der Waals surface area contributed by atoms with E-state index in [1.807, 2.05) is 32.9 Å². The standard InChI is InChI=1S/C22H23FN2O.C6H14N2.C3H8.C2H6/c1-7-17(8-2)11-10-15(4)25(6)22(26)19(9-3)20-13-12-18(14-24)21(23)16(20)5;1-7-3-5-8(2)6-4-7;1-3-2;1-2/h7-13,26H,1,3-4H2,2,5-6H3;3-6H2,1-2H3;3H2,1-2H3;1-2H3/b11-10-,17-8-,22-19-;;;. The zero-order chi connectivity index (χ0) is 30.5. The molecule has 1 aliphatic rings. The lowest BCUT2D eigenvalue weighted by atomic mass is 9.97. The molecule has 5 nitrogen and oxygen atoms in total. The fraction of sp³-hybridized carbons (Fsp3) is 0.424. The Morgan fingerprint density at radius 1 is 1.08 bits per heavy atom. The molecule has 1 aliphatic heterocycles. The lowest BCUT2D eigenvalue weighted by molar-refractivity contribution is 0.181. The molecule has 6 heteroatoms. The molecule has 0 amide bonds. The summed E-state index contributed by atoms with van der Waals surface area (Å²) in [5.74, 6) is -0.732. The van der Waals surface area contributed by atoms with Crippen LogP contribution in [0.25, 0.3) is 5.57 Å². The lowest BCUT2D eigenvalue weighted by Crippen LogP contribution is -2.42. The summed E-state index contributed by atoms with van der Waals surface area (Å²) in [4.78, 5) is 6.19. The highest BCUT2D eigenvalue weighted by Gasteiger charge is 2.17. The number of aliphatic hydroxyl groups is 1. The van der Waals surface area contributed by atoms with Gasteiger partial charge in [0.05, 0.1) is 5.56 Å². The van der Waals surface area contributed by atoms with Crippen LogP contribution in [0.1, 0.15) is 57.7 Å². The van der Waals surface area contributed by atoms with Gasteiger partial charge in [0.2, 0.25) is 0 Å². The maximum absolute atomic E-state index is 14.3. The second-order valence-corrected chi connectivity index (χ2v) is 8.84. The van der Waals surface area contributed by atoms with Gasteiger partial charge < -0.3 is 19.8 Å². The zero-order valence-corrected chi connectivity index (χ0v) is 25.8. The minimum atomic E-state index is -0.609. The van der Waals surface area contributed by atoms with Gasteiger partial charge in [-0.15, -0.1) is 0 Å². The summed E-state index contributed by atoms with van der Waals surface area (Å²) in [5.41, 5.74) is 2.46. The van der Waals surface area contributed by atoms with Gasteiger partial charge in [0, 0.05) is 44.5 Å². The number of halogens is 1. The van der Waals surface area contributed by atoms with E-state index in [1.165, 1.54) is 49.6 Å². The molecule has 0 saturated carbocycles. The molecule has 0 aliphatic carbocycles. The molecular weight excluding hydrogens is 487 g/mol. The van der Waals surface area contributed by atoms with Crippen molar-refractivity contribution in [3.63, 3.8) is 0 Å². The molecule has 1 N–H and O–H groups in total. The van der Waals surface area contributed by atoms with Crippen molar-refractivity contribution < 1.29 is 9.50 Å². The number of piperazine rings is 1. The quantitative estimate of drug-likeness (QED) is 0.283. The van der Waals surface area contributed by atoms with E-state index in [2.05, 4.69) is 57.5 Å². The Hall–Kier alpha value is -3.40. The van der Waals surface area contributed by atoms with Crippen molar-refractivity contribution in [1.82, 2.24) is 14.7 Å². The number of allylic oxidation sites excluding steroid dienone is 7. The number of nitriles is 1. The number of likely N-dealkylation sites (N-methyl/N-ethyl adjacent to an activating group) is 3. The fourth-order valence-corrected chi connectivity index (χ4v) is 3.19. The van der Waals surface area contributed by atoms with Crippen LogP contribution >= 0.6 is 0 Å². The van der Waals surface area contributed by atoms with Gasteiger partial charge in [-0.2, -0.15) is 5.26 Å². The van der Waals surface area contributed by atoms with Crippen LogP contribution in [0.5, 0.6) is 0 Å². The smallest absolute Gasteiger partial charge is 0.199 e. The Labute approximate surface area is 238 Å². The van der Waals surface area contributed by atoms with E-state index in [0.717, 1.165) is 5.57 Å². The number of benzene rings is 1. The largest absolute Gasteiger partial charge is 0.494 e. The first-order valence-electron chi connectivity index (χ1n) is 13.5. The summed E-state index contributed by atoms with van der Waals surface area (Å²) in [5, 5.41) is 19.6. The predicted octanol–water partition coefficient (Wildman–Crippen LogP) is 7.86. The average molecular weight is 539 g/mol. The Morgan fingerprint density at radius 2 is 1.56 bits per heavy atom. The van der Waals surface area contributed by atoms with Crippen LogP contribution in [0.4, 0.5) is 4.39 Å². The Bertz CT molecular complexity index is 1030. The lowest BCUT2D eigenvalue weighted by Gasteiger charge is -2.28. The normalized spacial score (nSPS) is 14.2. The summed E-state index contributed by atoms with van der Waals surface area (Å²) >= 11 is 0. The third-order valence-electron chi connectivity index (χ3n) is 5.75. The van der Waals surface area contributed by atoms with Crippen LogP contribution in [-0.2, 0) is 0 Å². The van der Waals surface area contributed by atoms with Crippen LogP contribution in [0.2, 0.25) is 0 Å². The van der Waals surface area contributed by atoms with Crippen LogP contribution in [0.3, 0.4) is 0 Å². The first kappa shape index (κ1) is 37.8. The van der Waals surface area contributed by atoms with Crippen LogP contribution < -0.4 is 0 Å². The molecule has 2 rings (SSSR count). The molecule has 1 aromatic carbocycles. The van der Waals surface area contributed by atoms with Crippen molar-refractivity contribution in [2.45, 2.75) is 48.0 Å². The van der Waals surface area contributed by atoms with E-state index in [4.69, 9.17) is 5.26 Å². The van der Waals surface area contributed by atoms with Crippen LogP contribution in [0.15, 0.2) is 79.4 Å². The fourth-order valence-electron chi connectivity index (χ4n) is 3.19. The molecule has 1 fully saturated rings. The van der Waals surface area contributed by atoms with Gasteiger partial charge in [-0.1, -0.05) is 84.2 Å². The van der Waals surface area contributed by atoms with Crippen molar-refractivity contribution in [2.24, 2.45) is 0 Å². The SMILES string of the molecule is C=CC(/C=C\C(=C)N(C)/C(O)=C(\C=C)c1ccc(C#N)c(F)c1C)=C/C.CC.CCC.CN1CCN(C)CC1. The number of rotatable bonds is 7. The molecular formula is C33H51FN4O. The molecule has 1 saturated heterocycles. The topological polar surface area (TPSA) is 53.7 Å². The van der Waals surface area contributed by atoms with E-state index in [1.54, 1.807) is 38.3 Å². The third-order valence-corrected chi connectivity index (χ3v) is 5.75. The number of nitrogens with zero attached hydrogens (tertiary/aromatic N) is 4. The second kappa shape index (κ2) is 21.5.